The van der Waals surface area contributed by atoms with Gasteiger partial charge in [0, 0.05) is 18.3 Å². The first kappa shape index (κ1) is 10.6. The predicted molar refractivity (Wildman–Crippen MR) is 62.6 cm³/mol. The topological polar surface area (TPSA) is 37.8 Å². The van der Waals surface area contributed by atoms with E-state index in [-0.39, 0.29) is 5.56 Å². The van der Waals surface area contributed by atoms with E-state index in [1.54, 1.807) is 6.07 Å². The van der Waals surface area contributed by atoms with E-state index in [1.165, 1.54) is 6.42 Å². The highest BCUT2D eigenvalue weighted by molar-refractivity contribution is 7.71. The summed E-state index contributed by atoms with van der Waals surface area (Å²) in [6.45, 7) is 4.56. The van der Waals surface area contributed by atoms with Crippen molar-refractivity contribution in [3.8, 4) is 0 Å². The smallest absolute Gasteiger partial charge is 0.251 e. The molecule has 1 saturated carbocycles. The Morgan fingerprint density at radius 1 is 1.60 bits per heavy atom. The van der Waals surface area contributed by atoms with Gasteiger partial charge in [0.15, 0.2) is 4.77 Å². The third kappa shape index (κ3) is 2.20. The lowest BCUT2D eigenvalue weighted by molar-refractivity contribution is 0.356. The molecule has 0 radical (unpaired) electrons. The highest BCUT2D eigenvalue weighted by atomic mass is 32.1. The van der Waals surface area contributed by atoms with Gasteiger partial charge in [-0.1, -0.05) is 13.8 Å². The Bertz CT molecular complexity index is 472. The van der Waals surface area contributed by atoms with Crippen molar-refractivity contribution >= 4 is 12.2 Å². The molecule has 0 amide bonds. The third-order valence-corrected chi connectivity index (χ3v) is 3.50. The maximum atomic E-state index is 11.0. The normalized spacial score (nSPS) is 24.3. The largest absolute Gasteiger partial charge is 0.322 e. The van der Waals surface area contributed by atoms with Gasteiger partial charge in [0.05, 0.1) is 0 Å². The molecular weight excluding hydrogens is 208 g/mol. The van der Waals surface area contributed by atoms with Crippen LogP contribution in [-0.2, 0) is 0 Å². The molecule has 15 heavy (non-hydrogen) atoms. The summed E-state index contributed by atoms with van der Waals surface area (Å²) in [6.07, 6.45) is 5.31. The SMILES string of the molecule is CC1(C)CCC(n2ccc(=O)[nH]c2=S)C1. The monoisotopic (exact) mass is 224 g/mol. The Hall–Kier alpha value is -0.900. The van der Waals surface area contributed by atoms with Crippen LogP contribution in [0.25, 0.3) is 0 Å². The van der Waals surface area contributed by atoms with E-state index in [0.717, 1.165) is 12.8 Å². The fourth-order valence-electron chi connectivity index (χ4n) is 2.35. The summed E-state index contributed by atoms with van der Waals surface area (Å²) >= 11 is 5.16. The van der Waals surface area contributed by atoms with Gasteiger partial charge in [0.2, 0.25) is 0 Å². The highest BCUT2D eigenvalue weighted by Crippen LogP contribution is 2.43. The lowest BCUT2D eigenvalue weighted by atomic mass is 9.92. The van der Waals surface area contributed by atoms with E-state index in [1.807, 2.05) is 10.8 Å². The van der Waals surface area contributed by atoms with Gasteiger partial charge in [-0.05, 0) is 36.9 Å². The van der Waals surface area contributed by atoms with Gasteiger partial charge < -0.3 is 4.57 Å². The summed E-state index contributed by atoms with van der Waals surface area (Å²) in [5.41, 5.74) is 0.281. The third-order valence-electron chi connectivity index (χ3n) is 3.19. The number of nitrogens with zero attached hydrogens (tertiary/aromatic N) is 1. The second-order valence-electron chi connectivity index (χ2n) is 5.08. The Balaban J connectivity index is 2.32. The van der Waals surface area contributed by atoms with Crippen molar-refractivity contribution in [1.82, 2.24) is 9.55 Å². The number of aromatic nitrogens is 2. The first-order valence-electron chi connectivity index (χ1n) is 5.29. The molecular formula is C11H16N2OS. The molecule has 1 unspecified atom stereocenters. The minimum atomic E-state index is -0.117. The molecule has 1 aliphatic carbocycles. The fraction of sp³-hybridized carbons (Fsp3) is 0.636. The number of rotatable bonds is 1. The molecule has 1 heterocycles. The van der Waals surface area contributed by atoms with Crippen LogP contribution < -0.4 is 5.56 Å². The van der Waals surface area contributed by atoms with Crippen LogP contribution in [0.2, 0.25) is 0 Å². The molecule has 0 spiro atoms. The van der Waals surface area contributed by atoms with Crippen molar-refractivity contribution in [2.75, 3.05) is 0 Å². The molecule has 1 aromatic heterocycles. The van der Waals surface area contributed by atoms with Crippen LogP contribution in [0.5, 0.6) is 0 Å². The molecule has 3 nitrogen and oxygen atoms in total. The lowest BCUT2D eigenvalue weighted by Crippen LogP contribution is -2.15. The minimum absolute atomic E-state index is 0.117. The van der Waals surface area contributed by atoms with Crippen molar-refractivity contribution in [3.63, 3.8) is 0 Å². The quantitative estimate of drug-likeness (QED) is 0.745. The average molecular weight is 224 g/mol. The van der Waals surface area contributed by atoms with Gasteiger partial charge >= 0.3 is 0 Å². The molecule has 0 aromatic carbocycles. The van der Waals surface area contributed by atoms with Crippen LogP contribution in [0.4, 0.5) is 0 Å². The summed E-state index contributed by atoms with van der Waals surface area (Å²) in [5, 5.41) is 0. The maximum Gasteiger partial charge on any atom is 0.251 e. The van der Waals surface area contributed by atoms with Crippen LogP contribution in [-0.4, -0.2) is 9.55 Å². The second kappa shape index (κ2) is 3.59. The number of aromatic amines is 1. The molecule has 0 aliphatic heterocycles. The minimum Gasteiger partial charge on any atom is -0.322 e. The van der Waals surface area contributed by atoms with Crippen molar-refractivity contribution in [1.29, 1.82) is 0 Å². The van der Waals surface area contributed by atoms with E-state index in [4.69, 9.17) is 12.2 Å². The zero-order valence-electron chi connectivity index (χ0n) is 9.12. The van der Waals surface area contributed by atoms with E-state index in [2.05, 4.69) is 18.8 Å². The molecule has 1 fully saturated rings. The molecule has 1 aliphatic rings. The first-order chi connectivity index (χ1) is 6.98. The van der Waals surface area contributed by atoms with Crippen LogP contribution in [0.3, 0.4) is 0 Å². The van der Waals surface area contributed by atoms with Crippen LogP contribution in [0.1, 0.15) is 39.2 Å². The van der Waals surface area contributed by atoms with E-state index in [0.29, 0.717) is 16.2 Å². The summed E-state index contributed by atoms with van der Waals surface area (Å²) in [5.74, 6) is 0. The standard InChI is InChI=1S/C11H16N2OS/c1-11(2)5-3-8(7-11)13-6-4-9(14)12-10(13)15/h4,6,8H,3,5,7H2,1-2H3,(H,12,14,15). The maximum absolute atomic E-state index is 11.0. The zero-order valence-corrected chi connectivity index (χ0v) is 9.93. The van der Waals surface area contributed by atoms with Crippen molar-refractivity contribution in [3.05, 3.63) is 27.4 Å². The number of hydrogen-bond donors (Lipinski definition) is 1. The Morgan fingerprint density at radius 2 is 2.33 bits per heavy atom. The number of H-pyrrole nitrogens is 1. The van der Waals surface area contributed by atoms with Crippen LogP contribution >= 0.6 is 12.2 Å². The van der Waals surface area contributed by atoms with E-state index < -0.39 is 0 Å². The predicted octanol–water partition coefficient (Wildman–Crippen LogP) is 2.66. The molecule has 0 bridgehead atoms. The van der Waals surface area contributed by atoms with Crippen LogP contribution in [0.15, 0.2) is 17.1 Å². The molecule has 82 valence electrons. The first-order valence-corrected chi connectivity index (χ1v) is 5.70. The summed E-state index contributed by atoms with van der Waals surface area (Å²) in [4.78, 5) is 13.7. The van der Waals surface area contributed by atoms with Gasteiger partial charge in [0.25, 0.3) is 5.56 Å². The Kier molecular flexibility index (Phi) is 2.54. The van der Waals surface area contributed by atoms with Gasteiger partial charge in [-0.2, -0.15) is 0 Å². The molecule has 0 saturated heterocycles. The summed E-state index contributed by atoms with van der Waals surface area (Å²) in [6, 6.07) is 1.99. The Morgan fingerprint density at radius 3 is 2.87 bits per heavy atom. The van der Waals surface area contributed by atoms with Crippen molar-refractivity contribution < 1.29 is 0 Å². The lowest BCUT2D eigenvalue weighted by Gasteiger charge is -2.18. The number of hydrogen-bond acceptors (Lipinski definition) is 2. The van der Waals surface area contributed by atoms with Gasteiger partial charge in [-0.15, -0.1) is 0 Å². The molecule has 1 N–H and O–H groups in total. The molecule has 4 heteroatoms. The van der Waals surface area contributed by atoms with Crippen molar-refractivity contribution in [2.24, 2.45) is 5.41 Å². The Labute approximate surface area is 94.1 Å². The fourth-order valence-corrected chi connectivity index (χ4v) is 2.66. The average Bonchev–Trinajstić information content (AvgIpc) is 2.46. The van der Waals surface area contributed by atoms with Crippen molar-refractivity contribution in [2.45, 2.75) is 39.2 Å². The molecule has 1 atom stereocenters. The summed E-state index contributed by atoms with van der Waals surface area (Å²) < 4.78 is 2.57. The molecule has 2 rings (SSSR count). The molecule has 1 aromatic rings. The van der Waals surface area contributed by atoms with Gasteiger partial charge in [-0.25, -0.2) is 0 Å². The highest BCUT2D eigenvalue weighted by Gasteiger charge is 2.31. The van der Waals surface area contributed by atoms with Gasteiger partial charge in [0.1, 0.15) is 0 Å². The zero-order chi connectivity index (χ0) is 11.1. The summed E-state index contributed by atoms with van der Waals surface area (Å²) in [7, 11) is 0. The van der Waals surface area contributed by atoms with Crippen LogP contribution in [0, 0.1) is 10.2 Å². The second-order valence-corrected chi connectivity index (χ2v) is 5.46. The van der Waals surface area contributed by atoms with Gasteiger partial charge in [-0.3, -0.25) is 9.78 Å². The van der Waals surface area contributed by atoms with E-state index in [9.17, 15) is 4.79 Å². The van der Waals surface area contributed by atoms with E-state index >= 15 is 0 Å². The number of nitrogens with one attached hydrogen (secondary N) is 1.